The van der Waals surface area contributed by atoms with Crippen LogP contribution in [0.1, 0.15) is 20.3 Å². The SMILES string of the molecule is COC1CC(NCCN(C)C)C1(C)C. The van der Waals surface area contributed by atoms with Crippen LogP contribution in [0.4, 0.5) is 0 Å². The molecule has 0 aromatic rings. The standard InChI is InChI=1S/C11H24N2O/c1-11(2)9(8-10(11)14-5)12-6-7-13(3)4/h9-10,12H,6-8H2,1-5H3. The van der Waals surface area contributed by atoms with Gasteiger partial charge in [-0.2, -0.15) is 0 Å². The van der Waals surface area contributed by atoms with Crippen LogP contribution in [0.3, 0.4) is 0 Å². The lowest BCUT2D eigenvalue weighted by molar-refractivity contribution is -0.0974. The molecule has 1 fully saturated rings. The van der Waals surface area contributed by atoms with E-state index in [4.69, 9.17) is 4.74 Å². The lowest BCUT2D eigenvalue weighted by atomic mass is 9.64. The summed E-state index contributed by atoms with van der Waals surface area (Å²) < 4.78 is 5.41. The zero-order valence-electron chi connectivity index (χ0n) is 10.1. The predicted octanol–water partition coefficient (Wildman–Crippen LogP) is 0.951. The van der Waals surface area contributed by atoms with E-state index in [9.17, 15) is 0 Å². The first-order valence-corrected chi connectivity index (χ1v) is 5.39. The molecule has 1 rings (SSSR count). The van der Waals surface area contributed by atoms with Crippen molar-refractivity contribution in [1.82, 2.24) is 10.2 Å². The maximum atomic E-state index is 5.41. The monoisotopic (exact) mass is 200 g/mol. The summed E-state index contributed by atoms with van der Waals surface area (Å²) in [6, 6.07) is 0.618. The van der Waals surface area contributed by atoms with Crippen LogP contribution in [0.25, 0.3) is 0 Å². The smallest absolute Gasteiger partial charge is 0.0652 e. The van der Waals surface area contributed by atoms with Crippen LogP contribution in [0.15, 0.2) is 0 Å². The van der Waals surface area contributed by atoms with Gasteiger partial charge in [0.15, 0.2) is 0 Å². The highest BCUT2D eigenvalue weighted by atomic mass is 16.5. The summed E-state index contributed by atoms with van der Waals surface area (Å²) >= 11 is 0. The number of nitrogens with zero attached hydrogens (tertiary/aromatic N) is 1. The number of methoxy groups -OCH3 is 1. The summed E-state index contributed by atoms with van der Waals surface area (Å²) in [5.41, 5.74) is 0.293. The fourth-order valence-corrected chi connectivity index (χ4v) is 2.09. The van der Waals surface area contributed by atoms with E-state index in [1.54, 1.807) is 0 Å². The molecule has 0 radical (unpaired) electrons. The molecule has 0 amide bonds. The number of hydrogen-bond acceptors (Lipinski definition) is 3. The molecule has 1 aliphatic carbocycles. The van der Waals surface area contributed by atoms with Gasteiger partial charge in [0, 0.05) is 31.7 Å². The van der Waals surface area contributed by atoms with Gasteiger partial charge in [-0.3, -0.25) is 0 Å². The Labute approximate surface area is 87.8 Å². The second kappa shape index (κ2) is 4.60. The van der Waals surface area contributed by atoms with E-state index in [-0.39, 0.29) is 0 Å². The molecule has 1 N–H and O–H groups in total. The third kappa shape index (κ3) is 2.47. The van der Waals surface area contributed by atoms with Crippen molar-refractivity contribution < 1.29 is 4.74 Å². The van der Waals surface area contributed by atoms with Crippen molar-refractivity contribution in [3.63, 3.8) is 0 Å². The first kappa shape index (κ1) is 12.0. The maximum Gasteiger partial charge on any atom is 0.0652 e. The van der Waals surface area contributed by atoms with Gasteiger partial charge in [-0.25, -0.2) is 0 Å². The Hall–Kier alpha value is -0.120. The number of nitrogens with one attached hydrogen (secondary N) is 1. The largest absolute Gasteiger partial charge is 0.381 e. The summed E-state index contributed by atoms with van der Waals surface area (Å²) in [5.74, 6) is 0. The van der Waals surface area contributed by atoms with E-state index < -0.39 is 0 Å². The van der Waals surface area contributed by atoms with Gasteiger partial charge in [-0.05, 0) is 20.5 Å². The van der Waals surface area contributed by atoms with E-state index in [1.165, 1.54) is 0 Å². The Kier molecular flexibility index (Phi) is 3.93. The molecule has 2 unspecified atom stereocenters. The fourth-order valence-electron chi connectivity index (χ4n) is 2.09. The van der Waals surface area contributed by atoms with Crippen molar-refractivity contribution in [2.75, 3.05) is 34.3 Å². The van der Waals surface area contributed by atoms with Crippen LogP contribution >= 0.6 is 0 Å². The molecule has 1 aliphatic rings. The molecule has 0 aromatic heterocycles. The van der Waals surface area contributed by atoms with Crippen molar-refractivity contribution in [1.29, 1.82) is 0 Å². The summed E-state index contributed by atoms with van der Waals surface area (Å²) in [6.07, 6.45) is 1.58. The minimum absolute atomic E-state index is 0.293. The summed E-state index contributed by atoms with van der Waals surface area (Å²) in [5, 5.41) is 3.58. The van der Waals surface area contributed by atoms with Gasteiger partial charge in [-0.1, -0.05) is 13.8 Å². The Morgan fingerprint density at radius 3 is 2.50 bits per heavy atom. The molecule has 0 aliphatic heterocycles. The highest BCUT2D eigenvalue weighted by molar-refractivity contribution is 5.02. The molecule has 14 heavy (non-hydrogen) atoms. The highest BCUT2D eigenvalue weighted by Gasteiger charge is 2.47. The van der Waals surface area contributed by atoms with Crippen LogP contribution in [0.5, 0.6) is 0 Å². The van der Waals surface area contributed by atoms with E-state index in [2.05, 4.69) is 38.2 Å². The first-order valence-electron chi connectivity index (χ1n) is 5.39. The second-order valence-electron chi connectivity index (χ2n) is 5.09. The lowest BCUT2D eigenvalue weighted by Gasteiger charge is -2.51. The maximum absolute atomic E-state index is 5.41. The molecule has 0 heterocycles. The van der Waals surface area contributed by atoms with Crippen LogP contribution < -0.4 is 5.32 Å². The van der Waals surface area contributed by atoms with Crippen molar-refractivity contribution in [3.8, 4) is 0 Å². The number of ether oxygens (including phenoxy) is 1. The Balaban J connectivity index is 2.22. The number of hydrogen-bond donors (Lipinski definition) is 1. The lowest BCUT2D eigenvalue weighted by Crippen LogP contribution is -2.61. The molecule has 3 heteroatoms. The summed E-state index contributed by atoms with van der Waals surface area (Å²) in [6.45, 7) is 6.72. The number of rotatable bonds is 5. The van der Waals surface area contributed by atoms with Crippen molar-refractivity contribution >= 4 is 0 Å². The molecule has 3 nitrogen and oxygen atoms in total. The van der Waals surface area contributed by atoms with Gasteiger partial charge in [0.2, 0.25) is 0 Å². The Bertz CT molecular complexity index is 180. The average Bonchev–Trinajstić information content (AvgIpc) is 2.09. The van der Waals surface area contributed by atoms with Gasteiger partial charge in [-0.15, -0.1) is 0 Å². The molecule has 0 aromatic carbocycles. The van der Waals surface area contributed by atoms with Crippen molar-refractivity contribution in [3.05, 3.63) is 0 Å². The molecule has 0 bridgehead atoms. The predicted molar refractivity (Wildman–Crippen MR) is 59.5 cm³/mol. The molecule has 84 valence electrons. The molecule has 0 spiro atoms. The number of likely N-dealkylation sites (N-methyl/N-ethyl adjacent to an activating group) is 1. The quantitative estimate of drug-likeness (QED) is 0.715. The topological polar surface area (TPSA) is 24.5 Å². The second-order valence-corrected chi connectivity index (χ2v) is 5.09. The van der Waals surface area contributed by atoms with Crippen LogP contribution in [0, 0.1) is 5.41 Å². The Morgan fingerprint density at radius 1 is 1.43 bits per heavy atom. The Morgan fingerprint density at radius 2 is 2.07 bits per heavy atom. The molecule has 2 atom stereocenters. The summed E-state index contributed by atoms with van der Waals surface area (Å²) in [7, 11) is 6.01. The minimum atomic E-state index is 0.293. The zero-order chi connectivity index (χ0) is 10.8. The van der Waals surface area contributed by atoms with Crippen molar-refractivity contribution in [2.24, 2.45) is 5.41 Å². The zero-order valence-corrected chi connectivity index (χ0v) is 10.1. The van der Waals surface area contributed by atoms with Crippen LogP contribution in [-0.4, -0.2) is 51.3 Å². The fraction of sp³-hybridized carbons (Fsp3) is 1.00. The van der Waals surface area contributed by atoms with Crippen LogP contribution in [-0.2, 0) is 4.74 Å². The van der Waals surface area contributed by atoms with E-state index in [1.807, 2.05) is 7.11 Å². The molecular formula is C11H24N2O. The van der Waals surface area contributed by atoms with Gasteiger partial charge in [0.05, 0.1) is 6.10 Å². The first-order chi connectivity index (χ1) is 6.48. The third-order valence-electron chi connectivity index (χ3n) is 3.41. The van der Waals surface area contributed by atoms with E-state index in [0.29, 0.717) is 17.6 Å². The third-order valence-corrected chi connectivity index (χ3v) is 3.41. The molecular weight excluding hydrogens is 176 g/mol. The van der Waals surface area contributed by atoms with Gasteiger partial charge in [0.25, 0.3) is 0 Å². The van der Waals surface area contributed by atoms with Crippen molar-refractivity contribution in [2.45, 2.75) is 32.4 Å². The van der Waals surface area contributed by atoms with E-state index >= 15 is 0 Å². The highest BCUT2D eigenvalue weighted by Crippen LogP contribution is 2.42. The minimum Gasteiger partial charge on any atom is -0.381 e. The average molecular weight is 200 g/mol. The van der Waals surface area contributed by atoms with Gasteiger partial charge in [0.1, 0.15) is 0 Å². The van der Waals surface area contributed by atoms with Gasteiger partial charge < -0.3 is 15.0 Å². The molecule has 0 saturated heterocycles. The summed E-state index contributed by atoms with van der Waals surface area (Å²) in [4.78, 5) is 2.20. The van der Waals surface area contributed by atoms with E-state index in [0.717, 1.165) is 19.5 Å². The molecule has 1 saturated carbocycles. The normalized spacial score (nSPS) is 30.4. The van der Waals surface area contributed by atoms with Crippen LogP contribution in [0.2, 0.25) is 0 Å². The van der Waals surface area contributed by atoms with Gasteiger partial charge >= 0.3 is 0 Å².